The lowest BCUT2D eigenvalue weighted by atomic mass is 9.66. The van der Waals surface area contributed by atoms with Crippen molar-refractivity contribution >= 4 is 46.3 Å². The lowest BCUT2D eigenvalue weighted by molar-refractivity contribution is 0.509. The summed E-state index contributed by atoms with van der Waals surface area (Å²) in [6.45, 7) is 16.8. The number of rotatable bonds is 14. The van der Waals surface area contributed by atoms with Gasteiger partial charge in [-0.05, 0) is 206 Å². The molecule has 0 heterocycles. The fraction of sp³-hybridized carbons (Fsp3) is 0.0843. The average molecular weight is 1160 g/mol. The van der Waals surface area contributed by atoms with Gasteiger partial charge in [-0.1, -0.05) is 208 Å². The molecular formula is C83H62F4N2. The molecule has 0 saturated heterocycles. The highest BCUT2D eigenvalue weighted by molar-refractivity contribution is 5.92. The second kappa shape index (κ2) is 22.3. The Morgan fingerprint density at radius 2 is 0.719 bits per heavy atom. The van der Waals surface area contributed by atoms with Gasteiger partial charge >= 0.3 is 0 Å². The largest absolute Gasteiger partial charge is 0.310 e. The molecule has 0 bridgehead atoms. The molecule has 0 radical (unpaired) electrons. The zero-order valence-corrected chi connectivity index (χ0v) is 49.9. The van der Waals surface area contributed by atoms with Gasteiger partial charge < -0.3 is 9.80 Å². The Labute approximate surface area is 518 Å². The summed E-state index contributed by atoms with van der Waals surface area (Å²) in [7, 11) is 0. The van der Waals surface area contributed by atoms with Gasteiger partial charge in [0.15, 0.2) is 23.3 Å². The number of fused-ring (bicyclic) bond motifs is 6. The van der Waals surface area contributed by atoms with Crippen molar-refractivity contribution in [2.75, 3.05) is 9.80 Å². The fourth-order valence-electron chi connectivity index (χ4n) is 14.2. The summed E-state index contributed by atoms with van der Waals surface area (Å²) < 4.78 is 61.1. The number of benzene rings is 12. The molecule has 432 valence electrons. The Morgan fingerprint density at radius 1 is 0.337 bits per heavy atom. The number of aryl methyl sites for hydroxylation is 4. The maximum Gasteiger partial charge on any atom is 0.160 e. The standard InChI is InChI=1S/C83H62F4N2/c1-7-55-22-30-60(31-23-55)82(74-46-52(4)18-19-53(74)5)72-16-12-10-14-68(72)70-42-38-64(48-76(70)82)88(66-40-44-78(84)80(86)50-66)62-34-26-58(27-35-62)59-28-36-63(37-29-59)89(67-41-45-79(85)81(87)51-67)65-39-43-71-69-15-11-13-17-73(69)83(77(71)49-65,61-32-24-56(8-2)25-33-61)75-47-57(9-3)21-20-54(75)6/h7-8,10-51H,1-2,9H2,3-6H3. The predicted molar refractivity (Wildman–Crippen MR) is 359 cm³/mol. The minimum Gasteiger partial charge on any atom is -0.310 e. The van der Waals surface area contributed by atoms with Crippen LogP contribution in [0.3, 0.4) is 0 Å². The zero-order chi connectivity index (χ0) is 61.3. The molecule has 0 amide bonds. The van der Waals surface area contributed by atoms with Crippen molar-refractivity contribution in [3.05, 3.63) is 369 Å². The molecule has 2 unspecified atom stereocenters. The minimum absolute atomic E-state index is 0.448. The number of nitrogens with zero attached hydrogens (tertiary/aromatic N) is 2. The number of hydrogen-bond donors (Lipinski definition) is 0. The van der Waals surface area contributed by atoms with Crippen LogP contribution >= 0.6 is 0 Å². The molecule has 2 aliphatic carbocycles. The molecule has 2 nitrogen and oxygen atoms in total. The van der Waals surface area contributed by atoms with Crippen molar-refractivity contribution < 1.29 is 17.6 Å². The van der Waals surface area contributed by atoms with Crippen LogP contribution in [0.15, 0.2) is 268 Å². The first-order chi connectivity index (χ1) is 43.3. The van der Waals surface area contributed by atoms with E-state index in [0.29, 0.717) is 11.4 Å². The van der Waals surface area contributed by atoms with E-state index in [1.54, 1.807) is 12.1 Å². The van der Waals surface area contributed by atoms with Crippen LogP contribution in [0.5, 0.6) is 0 Å². The molecule has 0 aliphatic heterocycles. The average Bonchev–Trinajstić information content (AvgIpc) is 1.57. The first-order valence-electron chi connectivity index (χ1n) is 30.2. The SMILES string of the molecule is C=Cc1ccc(C2(c3cc(C)ccc3C)c3ccccc3-c3ccc(N(c4ccc(-c5ccc(N(c6ccc(F)c(F)c6)c6ccc7c(c6)C(c6ccc(C=C)cc6)(c6cc(CC)ccc6C)c6ccccc6-7)cc5)cc4)c4ccc(F)c(F)c4)cc32)cc1. The van der Waals surface area contributed by atoms with Gasteiger partial charge in [0.25, 0.3) is 0 Å². The van der Waals surface area contributed by atoms with Crippen molar-refractivity contribution in [1.29, 1.82) is 0 Å². The normalized spacial score (nSPS) is 15.2. The second-order valence-corrected chi connectivity index (χ2v) is 23.5. The molecule has 14 rings (SSSR count). The van der Waals surface area contributed by atoms with E-state index in [1.165, 1.54) is 35.4 Å². The molecule has 0 spiro atoms. The molecular weight excluding hydrogens is 1100 g/mol. The molecule has 12 aromatic rings. The van der Waals surface area contributed by atoms with Crippen molar-refractivity contribution in [3.63, 3.8) is 0 Å². The summed E-state index contributed by atoms with van der Waals surface area (Å²) in [6.07, 6.45) is 4.58. The van der Waals surface area contributed by atoms with Crippen LogP contribution in [0.2, 0.25) is 0 Å². The van der Waals surface area contributed by atoms with Crippen molar-refractivity contribution in [2.24, 2.45) is 0 Å². The Kier molecular flexibility index (Phi) is 14.1. The smallest absolute Gasteiger partial charge is 0.160 e. The Balaban J connectivity index is 0.881. The summed E-state index contributed by atoms with van der Waals surface area (Å²) >= 11 is 0. The van der Waals surface area contributed by atoms with Gasteiger partial charge in [-0.2, -0.15) is 0 Å². The number of anilines is 6. The molecule has 0 aromatic heterocycles. The molecule has 0 saturated carbocycles. The molecule has 2 aliphatic rings. The summed E-state index contributed by atoms with van der Waals surface area (Å²) in [6, 6.07) is 85.1. The maximum absolute atomic E-state index is 15.6. The highest BCUT2D eigenvalue weighted by Crippen LogP contribution is 2.60. The van der Waals surface area contributed by atoms with Gasteiger partial charge in [0.05, 0.1) is 10.8 Å². The van der Waals surface area contributed by atoms with Gasteiger partial charge in [0.1, 0.15) is 0 Å². The van der Waals surface area contributed by atoms with Gasteiger partial charge in [0.2, 0.25) is 0 Å². The van der Waals surface area contributed by atoms with Crippen LogP contribution in [0.25, 0.3) is 45.5 Å². The van der Waals surface area contributed by atoms with E-state index in [4.69, 9.17) is 0 Å². The third-order valence-electron chi connectivity index (χ3n) is 18.6. The number of hydrogen-bond acceptors (Lipinski definition) is 2. The van der Waals surface area contributed by atoms with Crippen LogP contribution in [0.1, 0.15) is 84.8 Å². The third kappa shape index (κ3) is 9.15. The third-order valence-corrected chi connectivity index (χ3v) is 18.6. The summed E-state index contributed by atoms with van der Waals surface area (Å²) in [5.74, 6) is -3.78. The Bertz CT molecular complexity index is 4770. The quantitative estimate of drug-likeness (QED) is 0.100. The van der Waals surface area contributed by atoms with Gasteiger partial charge in [-0.3, -0.25) is 0 Å². The van der Waals surface area contributed by atoms with Crippen molar-refractivity contribution in [2.45, 2.75) is 44.9 Å². The van der Waals surface area contributed by atoms with Crippen LogP contribution in [0, 0.1) is 44.0 Å². The van der Waals surface area contributed by atoms with Crippen LogP contribution < -0.4 is 9.80 Å². The van der Waals surface area contributed by atoms with Crippen molar-refractivity contribution in [1.82, 2.24) is 0 Å². The van der Waals surface area contributed by atoms with E-state index < -0.39 is 34.1 Å². The van der Waals surface area contributed by atoms with E-state index >= 15 is 8.78 Å². The summed E-state index contributed by atoms with van der Waals surface area (Å²) in [5.41, 5.74) is 24.3. The molecule has 2 atom stereocenters. The molecule has 6 heteroatoms. The van der Waals surface area contributed by atoms with Gasteiger partial charge in [0, 0.05) is 46.3 Å². The van der Waals surface area contributed by atoms with E-state index in [0.717, 1.165) is 129 Å². The maximum atomic E-state index is 15.6. The number of halogens is 4. The lowest BCUT2D eigenvalue weighted by Gasteiger charge is -2.36. The van der Waals surface area contributed by atoms with E-state index in [2.05, 4.69) is 211 Å². The zero-order valence-electron chi connectivity index (χ0n) is 49.9. The first kappa shape index (κ1) is 56.3. The van der Waals surface area contributed by atoms with E-state index in [-0.39, 0.29) is 0 Å². The molecule has 0 fully saturated rings. The monoisotopic (exact) mass is 1160 g/mol. The Morgan fingerprint density at radius 3 is 1.15 bits per heavy atom. The van der Waals surface area contributed by atoms with Crippen LogP contribution in [0.4, 0.5) is 51.7 Å². The molecule has 89 heavy (non-hydrogen) atoms. The van der Waals surface area contributed by atoms with Crippen molar-refractivity contribution in [3.8, 4) is 33.4 Å². The first-order valence-corrected chi connectivity index (χ1v) is 30.2. The van der Waals surface area contributed by atoms with Gasteiger partial charge in [-0.15, -0.1) is 0 Å². The van der Waals surface area contributed by atoms with E-state index in [1.807, 2.05) is 70.5 Å². The Hall–Kier alpha value is -10.6. The van der Waals surface area contributed by atoms with Crippen LogP contribution in [-0.4, -0.2) is 0 Å². The summed E-state index contributed by atoms with van der Waals surface area (Å²) in [4.78, 5) is 3.97. The van der Waals surface area contributed by atoms with Gasteiger partial charge in [-0.25, -0.2) is 17.6 Å². The molecule has 12 aromatic carbocycles. The summed E-state index contributed by atoms with van der Waals surface area (Å²) in [5, 5.41) is 0. The fourth-order valence-corrected chi connectivity index (χ4v) is 14.2. The van der Waals surface area contributed by atoms with Crippen LogP contribution in [-0.2, 0) is 17.3 Å². The molecule has 0 N–H and O–H groups in total. The minimum atomic E-state index is -0.957. The van der Waals surface area contributed by atoms with E-state index in [9.17, 15) is 8.78 Å². The topological polar surface area (TPSA) is 6.48 Å². The highest BCUT2D eigenvalue weighted by Gasteiger charge is 2.49. The highest BCUT2D eigenvalue weighted by atomic mass is 19.2. The second-order valence-electron chi connectivity index (χ2n) is 23.5. The predicted octanol–water partition coefficient (Wildman–Crippen LogP) is 22.3. The lowest BCUT2D eigenvalue weighted by Crippen LogP contribution is -2.30.